The predicted octanol–water partition coefficient (Wildman–Crippen LogP) is 3.55. The third-order valence-corrected chi connectivity index (χ3v) is 5.50. The summed E-state index contributed by atoms with van der Waals surface area (Å²) in [5.74, 6) is 1.01. The van der Waals surface area contributed by atoms with Crippen molar-refractivity contribution >= 4 is 29.5 Å². The number of hydrogen-bond acceptors (Lipinski definition) is 4. The molecule has 0 saturated carbocycles. The Balaban J connectivity index is 1.30. The highest BCUT2D eigenvalue weighted by Crippen LogP contribution is 2.38. The minimum atomic E-state index is -0.0734. The van der Waals surface area contributed by atoms with Gasteiger partial charge < -0.3 is 19.7 Å². The first-order valence-electron chi connectivity index (χ1n) is 10.0. The Hall–Kier alpha value is -2.99. The molecule has 2 aliphatic heterocycles. The summed E-state index contributed by atoms with van der Waals surface area (Å²) in [4.78, 5) is 26.6. The fourth-order valence-corrected chi connectivity index (χ4v) is 3.88. The summed E-state index contributed by atoms with van der Waals surface area (Å²) in [5.41, 5.74) is 1.43. The average molecular weight is 427 g/mol. The van der Waals surface area contributed by atoms with E-state index in [0.29, 0.717) is 48.4 Å². The number of fused-ring (bicyclic) bond motifs is 1. The summed E-state index contributed by atoms with van der Waals surface area (Å²) in [6.45, 7) is 2.16. The van der Waals surface area contributed by atoms with E-state index >= 15 is 0 Å². The first-order valence-corrected chi connectivity index (χ1v) is 10.4. The van der Waals surface area contributed by atoms with Crippen LogP contribution >= 0.6 is 11.6 Å². The quantitative estimate of drug-likeness (QED) is 0.759. The molecule has 30 heavy (non-hydrogen) atoms. The molecular weight excluding hydrogens is 404 g/mol. The lowest BCUT2D eigenvalue weighted by Crippen LogP contribution is -2.46. The highest BCUT2D eigenvalue weighted by molar-refractivity contribution is 6.32. The molecule has 0 unspecified atom stereocenters. The Bertz CT molecular complexity index is 953. The molecule has 1 fully saturated rings. The van der Waals surface area contributed by atoms with Gasteiger partial charge in [-0.05, 0) is 48.7 Å². The van der Waals surface area contributed by atoms with Crippen molar-refractivity contribution < 1.29 is 19.1 Å². The van der Waals surface area contributed by atoms with Crippen LogP contribution in [0.4, 0.5) is 0 Å². The fraction of sp³-hybridized carbons (Fsp3) is 0.304. The van der Waals surface area contributed by atoms with Crippen molar-refractivity contribution in [3.63, 3.8) is 0 Å². The zero-order valence-corrected chi connectivity index (χ0v) is 17.2. The van der Waals surface area contributed by atoms with E-state index in [0.717, 1.165) is 18.4 Å². The first-order chi connectivity index (χ1) is 14.6. The normalized spacial score (nSPS) is 16.5. The Kier molecular flexibility index (Phi) is 6.23. The van der Waals surface area contributed by atoms with E-state index in [9.17, 15) is 9.59 Å². The van der Waals surface area contributed by atoms with Crippen LogP contribution in [0.25, 0.3) is 6.08 Å². The largest absolute Gasteiger partial charge is 0.486 e. The van der Waals surface area contributed by atoms with Crippen molar-refractivity contribution in [2.45, 2.75) is 18.9 Å². The molecule has 1 saturated heterocycles. The van der Waals surface area contributed by atoms with Gasteiger partial charge in [0.15, 0.2) is 11.5 Å². The molecule has 2 aliphatic rings. The van der Waals surface area contributed by atoms with Gasteiger partial charge in [0.25, 0.3) is 5.91 Å². The third kappa shape index (κ3) is 4.76. The van der Waals surface area contributed by atoms with Gasteiger partial charge in [0.05, 0.1) is 5.02 Å². The number of hydrogen-bond donors (Lipinski definition) is 1. The van der Waals surface area contributed by atoms with Crippen molar-refractivity contribution in [2.75, 3.05) is 26.3 Å². The molecule has 6 nitrogen and oxygen atoms in total. The predicted molar refractivity (Wildman–Crippen MR) is 115 cm³/mol. The lowest BCUT2D eigenvalue weighted by molar-refractivity contribution is -0.126. The molecule has 1 N–H and O–H groups in total. The van der Waals surface area contributed by atoms with Gasteiger partial charge in [0.1, 0.15) is 13.2 Å². The van der Waals surface area contributed by atoms with Gasteiger partial charge in [-0.2, -0.15) is 0 Å². The van der Waals surface area contributed by atoms with E-state index in [2.05, 4.69) is 5.32 Å². The van der Waals surface area contributed by atoms with E-state index in [1.165, 1.54) is 0 Å². The van der Waals surface area contributed by atoms with Crippen LogP contribution in [0.15, 0.2) is 48.5 Å². The number of benzene rings is 2. The van der Waals surface area contributed by atoms with Crippen LogP contribution in [0.3, 0.4) is 0 Å². The zero-order valence-electron chi connectivity index (χ0n) is 16.5. The average Bonchev–Trinajstić information content (AvgIpc) is 2.78. The van der Waals surface area contributed by atoms with Crippen LogP contribution in [0.1, 0.15) is 28.8 Å². The molecule has 4 rings (SSSR count). The van der Waals surface area contributed by atoms with E-state index in [4.69, 9.17) is 21.1 Å². The maximum atomic E-state index is 12.6. The Morgan fingerprint density at radius 3 is 2.57 bits per heavy atom. The number of nitrogens with one attached hydrogen (secondary N) is 1. The van der Waals surface area contributed by atoms with E-state index < -0.39 is 0 Å². The summed E-state index contributed by atoms with van der Waals surface area (Å²) >= 11 is 6.24. The molecule has 2 amide bonds. The van der Waals surface area contributed by atoms with Crippen LogP contribution in [0.5, 0.6) is 11.5 Å². The van der Waals surface area contributed by atoms with E-state index in [1.54, 1.807) is 35.3 Å². The number of amides is 2. The monoisotopic (exact) mass is 426 g/mol. The molecule has 0 radical (unpaired) electrons. The number of nitrogens with zero attached hydrogens (tertiary/aromatic N) is 1. The first kappa shape index (κ1) is 20.3. The lowest BCUT2D eigenvalue weighted by atomic mass is 10.0. The second-order valence-corrected chi connectivity index (χ2v) is 7.71. The summed E-state index contributed by atoms with van der Waals surface area (Å²) in [5, 5.41) is 3.52. The van der Waals surface area contributed by atoms with Crippen molar-refractivity contribution in [3.8, 4) is 11.5 Å². The van der Waals surface area contributed by atoms with Gasteiger partial charge in [-0.15, -0.1) is 0 Å². The third-order valence-electron chi connectivity index (χ3n) is 5.22. The Labute approximate surface area is 180 Å². The fourth-order valence-electron chi connectivity index (χ4n) is 3.60. The smallest absolute Gasteiger partial charge is 0.251 e. The number of carbonyl (C=O) groups excluding carboxylic acids is 2. The minimum Gasteiger partial charge on any atom is -0.486 e. The number of likely N-dealkylation sites (tertiary alicyclic amines) is 1. The van der Waals surface area contributed by atoms with E-state index in [-0.39, 0.29) is 17.9 Å². The zero-order chi connectivity index (χ0) is 20.9. The molecule has 2 aromatic carbocycles. The highest BCUT2D eigenvalue weighted by atomic mass is 35.5. The molecule has 0 spiro atoms. The molecule has 0 aromatic heterocycles. The van der Waals surface area contributed by atoms with Gasteiger partial charge in [-0.1, -0.05) is 29.8 Å². The van der Waals surface area contributed by atoms with Crippen LogP contribution in [-0.2, 0) is 4.79 Å². The Morgan fingerprint density at radius 2 is 1.80 bits per heavy atom. The van der Waals surface area contributed by atoms with Gasteiger partial charge in [-0.25, -0.2) is 0 Å². The molecule has 156 valence electrons. The SMILES string of the molecule is O=C(NC1CCN(C(=O)/C=C/c2cc(Cl)c3c(c2)OCCO3)CC1)c1ccccc1. The van der Waals surface area contributed by atoms with Crippen LogP contribution in [0.2, 0.25) is 5.02 Å². The van der Waals surface area contributed by atoms with Crippen molar-refractivity contribution in [3.05, 3.63) is 64.7 Å². The number of rotatable bonds is 4. The summed E-state index contributed by atoms with van der Waals surface area (Å²) < 4.78 is 11.1. The van der Waals surface area contributed by atoms with Crippen LogP contribution in [0, 0.1) is 0 Å². The molecule has 2 aromatic rings. The lowest BCUT2D eigenvalue weighted by Gasteiger charge is -2.31. The molecule has 2 heterocycles. The topological polar surface area (TPSA) is 67.9 Å². The van der Waals surface area contributed by atoms with Gasteiger partial charge in [0.2, 0.25) is 5.91 Å². The van der Waals surface area contributed by atoms with Gasteiger partial charge in [-0.3, -0.25) is 9.59 Å². The molecule has 7 heteroatoms. The summed E-state index contributed by atoms with van der Waals surface area (Å²) in [7, 11) is 0. The van der Waals surface area contributed by atoms with E-state index in [1.807, 2.05) is 24.3 Å². The molecule has 0 atom stereocenters. The maximum Gasteiger partial charge on any atom is 0.251 e. The Morgan fingerprint density at radius 1 is 1.07 bits per heavy atom. The molecular formula is C23H23ClN2O4. The van der Waals surface area contributed by atoms with Gasteiger partial charge in [0, 0.05) is 30.8 Å². The number of halogens is 1. The molecule has 0 bridgehead atoms. The van der Waals surface area contributed by atoms with Crippen LogP contribution in [-0.4, -0.2) is 49.1 Å². The molecule has 0 aliphatic carbocycles. The van der Waals surface area contributed by atoms with Crippen molar-refractivity contribution in [2.24, 2.45) is 0 Å². The summed E-state index contributed by atoms with van der Waals surface area (Å²) in [6, 6.07) is 12.8. The highest BCUT2D eigenvalue weighted by Gasteiger charge is 2.23. The second-order valence-electron chi connectivity index (χ2n) is 7.30. The van der Waals surface area contributed by atoms with Crippen molar-refractivity contribution in [1.29, 1.82) is 0 Å². The minimum absolute atomic E-state index is 0.0613. The second kappa shape index (κ2) is 9.22. The van der Waals surface area contributed by atoms with Crippen molar-refractivity contribution in [1.82, 2.24) is 10.2 Å². The number of ether oxygens (including phenoxy) is 2. The van der Waals surface area contributed by atoms with Gasteiger partial charge >= 0.3 is 0 Å². The summed E-state index contributed by atoms with van der Waals surface area (Å²) in [6.07, 6.45) is 4.74. The number of piperidine rings is 1. The standard InChI is InChI=1S/C23H23ClN2O4/c24-19-14-16(15-20-22(19)30-13-12-29-20)6-7-21(27)26-10-8-18(9-11-26)25-23(28)17-4-2-1-3-5-17/h1-7,14-15,18H,8-13H2,(H,25,28)/b7-6+. The maximum absolute atomic E-state index is 12.6. The number of carbonyl (C=O) groups is 2. The van der Waals surface area contributed by atoms with Crippen LogP contribution < -0.4 is 14.8 Å².